The molecule has 0 unspecified atom stereocenters. The summed E-state index contributed by atoms with van der Waals surface area (Å²) in [5.41, 5.74) is 6.49. The summed E-state index contributed by atoms with van der Waals surface area (Å²) in [5.74, 6) is 0.759. The molecule has 0 aliphatic rings. The van der Waals surface area contributed by atoms with Crippen molar-refractivity contribution < 1.29 is 4.79 Å². The van der Waals surface area contributed by atoms with E-state index in [4.69, 9.17) is 5.73 Å². The smallest absolute Gasteiger partial charge is 0.237 e. The van der Waals surface area contributed by atoms with Crippen LogP contribution in [0.1, 0.15) is 12.1 Å². The summed E-state index contributed by atoms with van der Waals surface area (Å²) in [6, 6.07) is 1.32. The molecule has 88 valence electrons. The van der Waals surface area contributed by atoms with Crippen molar-refractivity contribution in [2.24, 2.45) is 5.73 Å². The minimum Gasteiger partial charge on any atom is -0.349 e. The second kappa shape index (κ2) is 7.19. The van der Waals surface area contributed by atoms with Crippen molar-refractivity contribution in [1.29, 1.82) is 0 Å². The van der Waals surface area contributed by atoms with Gasteiger partial charge >= 0.3 is 0 Å². The fourth-order valence-corrected chi connectivity index (χ4v) is 1.60. The molecule has 0 aromatic carbocycles. The summed E-state index contributed by atoms with van der Waals surface area (Å²) in [7, 11) is 0. The van der Waals surface area contributed by atoms with Crippen LogP contribution in [0.15, 0.2) is 18.6 Å². The van der Waals surface area contributed by atoms with Crippen molar-refractivity contribution in [1.82, 2.24) is 15.3 Å². The Morgan fingerprint density at radius 3 is 3.12 bits per heavy atom. The van der Waals surface area contributed by atoms with Gasteiger partial charge in [0.05, 0.1) is 18.3 Å². The van der Waals surface area contributed by atoms with Crippen molar-refractivity contribution in [3.63, 3.8) is 0 Å². The summed E-state index contributed by atoms with van der Waals surface area (Å²) in [6.07, 6.45) is 5.78. The number of carbonyl (C=O) groups is 1. The quantitative estimate of drug-likeness (QED) is 0.741. The molecule has 0 bridgehead atoms. The van der Waals surface area contributed by atoms with Gasteiger partial charge in [0.25, 0.3) is 0 Å². The van der Waals surface area contributed by atoms with Crippen LogP contribution >= 0.6 is 11.8 Å². The third kappa shape index (κ3) is 4.59. The number of aromatic nitrogens is 2. The SMILES string of the molecule is CSCC[C@@H](N)C(=O)NCc1ccncn1. The van der Waals surface area contributed by atoms with Gasteiger partial charge in [-0.05, 0) is 24.5 Å². The van der Waals surface area contributed by atoms with Gasteiger partial charge in [-0.15, -0.1) is 0 Å². The maximum Gasteiger partial charge on any atom is 0.237 e. The van der Waals surface area contributed by atoms with Gasteiger partial charge in [0.2, 0.25) is 5.91 Å². The molecule has 1 rings (SSSR count). The standard InChI is InChI=1S/C10H16N4OS/c1-16-5-3-9(11)10(15)13-6-8-2-4-12-7-14-8/h2,4,7,9H,3,5-6,11H2,1H3,(H,13,15)/t9-/m1/s1. The van der Waals surface area contributed by atoms with Gasteiger partial charge in [-0.2, -0.15) is 11.8 Å². The molecule has 0 saturated heterocycles. The lowest BCUT2D eigenvalue weighted by molar-refractivity contribution is -0.122. The van der Waals surface area contributed by atoms with Gasteiger partial charge in [-0.25, -0.2) is 9.97 Å². The van der Waals surface area contributed by atoms with E-state index in [0.717, 1.165) is 11.4 Å². The first-order valence-corrected chi connectivity index (χ1v) is 6.40. The van der Waals surface area contributed by atoms with Crippen LogP contribution in [0.3, 0.4) is 0 Å². The average Bonchev–Trinajstić information content (AvgIpc) is 2.34. The number of amides is 1. The number of nitrogens with one attached hydrogen (secondary N) is 1. The van der Waals surface area contributed by atoms with E-state index in [1.807, 2.05) is 6.26 Å². The molecular weight excluding hydrogens is 224 g/mol. The highest BCUT2D eigenvalue weighted by Gasteiger charge is 2.12. The van der Waals surface area contributed by atoms with Crippen LogP contribution < -0.4 is 11.1 Å². The van der Waals surface area contributed by atoms with Crippen LogP contribution in [-0.2, 0) is 11.3 Å². The lowest BCUT2D eigenvalue weighted by Gasteiger charge is -2.10. The molecule has 16 heavy (non-hydrogen) atoms. The van der Waals surface area contributed by atoms with E-state index in [1.54, 1.807) is 24.0 Å². The maximum absolute atomic E-state index is 11.5. The third-order valence-electron chi connectivity index (χ3n) is 2.06. The number of nitrogens with zero attached hydrogens (tertiary/aromatic N) is 2. The van der Waals surface area contributed by atoms with Crippen molar-refractivity contribution in [2.45, 2.75) is 19.0 Å². The number of hydrogen-bond acceptors (Lipinski definition) is 5. The van der Waals surface area contributed by atoms with E-state index in [9.17, 15) is 4.79 Å². The Labute approximate surface area is 99.2 Å². The monoisotopic (exact) mass is 240 g/mol. The molecule has 0 saturated carbocycles. The molecule has 3 N–H and O–H groups in total. The Balaban J connectivity index is 2.29. The molecule has 5 nitrogen and oxygen atoms in total. The molecule has 0 fully saturated rings. The number of carbonyl (C=O) groups excluding carboxylic acids is 1. The van der Waals surface area contributed by atoms with Crippen LogP contribution in [0.25, 0.3) is 0 Å². The van der Waals surface area contributed by atoms with Crippen LogP contribution in [0.5, 0.6) is 0 Å². The molecule has 0 radical (unpaired) electrons. The number of hydrogen-bond donors (Lipinski definition) is 2. The van der Waals surface area contributed by atoms with Gasteiger partial charge in [0.15, 0.2) is 0 Å². The minimum absolute atomic E-state index is 0.132. The van der Waals surface area contributed by atoms with E-state index in [1.165, 1.54) is 6.33 Å². The van der Waals surface area contributed by atoms with E-state index in [2.05, 4.69) is 15.3 Å². The maximum atomic E-state index is 11.5. The lowest BCUT2D eigenvalue weighted by atomic mass is 10.2. The largest absolute Gasteiger partial charge is 0.349 e. The normalized spacial score (nSPS) is 12.1. The van der Waals surface area contributed by atoms with Gasteiger partial charge in [0, 0.05) is 6.20 Å². The van der Waals surface area contributed by atoms with E-state index < -0.39 is 6.04 Å². The average molecular weight is 240 g/mol. The topological polar surface area (TPSA) is 80.9 Å². The highest BCUT2D eigenvalue weighted by molar-refractivity contribution is 7.98. The molecule has 0 aliphatic heterocycles. The van der Waals surface area contributed by atoms with Crippen molar-refractivity contribution in [2.75, 3.05) is 12.0 Å². The zero-order chi connectivity index (χ0) is 11.8. The third-order valence-corrected chi connectivity index (χ3v) is 2.70. The first-order valence-electron chi connectivity index (χ1n) is 5.01. The lowest BCUT2D eigenvalue weighted by Crippen LogP contribution is -2.40. The Morgan fingerprint density at radius 1 is 1.69 bits per heavy atom. The molecule has 6 heteroatoms. The van der Waals surface area contributed by atoms with Crippen LogP contribution in [0.4, 0.5) is 0 Å². The van der Waals surface area contributed by atoms with Gasteiger partial charge in [-0.3, -0.25) is 4.79 Å². The predicted molar refractivity (Wildman–Crippen MR) is 64.9 cm³/mol. The Morgan fingerprint density at radius 2 is 2.50 bits per heavy atom. The Bertz CT molecular complexity index is 320. The van der Waals surface area contributed by atoms with Crippen molar-refractivity contribution in [3.8, 4) is 0 Å². The zero-order valence-electron chi connectivity index (χ0n) is 9.22. The number of thioether (sulfide) groups is 1. The first-order chi connectivity index (χ1) is 7.74. The molecule has 0 spiro atoms. The minimum atomic E-state index is -0.436. The van der Waals surface area contributed by atoms with E-state index in [-0.39, 0.29) is 5.91 Å². The van der Waals surface area contributed by atoms with Crippen molar-refractivity contribution in [3.05, 3.63) is 24.3 Å². The number of nitrogens with two attached hydrogens (primary N) is 1. The Hall–Kier alpha value is -1.14. The van der Waals surface area contributed by atoms with E-state index >= 15 is 0 Å². The first kappa shape index (κ1) is 12.9. The van der Waals surface area contributed by atoms with Crippen molar-refractivity contribution >= 4 is 17.7 Å². The summed E-state index contributed by atoms with van der Waals surface area (Å²) in [6.45, 7) is 0.397. The van der Waals surface area contributed by atoms with Gasteiger partial charge in [0.1, 0.15) is 6.33 Å². The highest BCUT2D eigenvalue weighted by atomic mass is 32.2. The van der Waals surface area contributed by atoms with Crippen LogP contribution in [-0.4, -0.2) is 33.9 Å². The second-order valence-corrected chi connectivity index (χ2v) is 4.29. The fraction of sp³-hybridized carbons (Fsp3) is 0.500. The fourth-order valence-electron chi connectivity index (χ4n) is 1.11. The second-order valence-electron chi connectivity index (χ2n) is 3.31. The summed E-state index contributed by atoms with van der Waals surface area (Å²) in [4.78, 5) is 19.3. The van der Waals surface area contributed by atoms with Crippen LogP contribution in [0.2, 0.25) is 0 Å². The zero-order valence-corrected chi connectivity index (χ0v) is 10.0. The Kier molecular flexibility index (Phi) is 5.81. The molecule has 1 aromatic rings. The molecular formula is C10H16N4OS. The molecule has 0 aliphatic carbocycles. The molecule has 1 aromatic heterocycles. The molecule has 1 atom stereocenters. The summed E-state index contributed by atoms with van der Waals surface area (Å²) in [5, 5.41) is 2.74. The van der Waals surface area contributed by atoms with Gasteiger partial charge in [-0.1, -0.05) is 0 Å². The number of rotatable bonds is 6. The molecule has 1 heterocycles. The molecule has 1 amide bonds. The predicted octanol–water partition coefficient (Wildman–Crippen LogP) is 0.173. The van der Waals surface area contributed by atoms with Gasteiger partial charge < -0.3 is 11.1 Å². The van der Waals surface area contributed by atoms with Crippen LogP contribution in [0, 0.1) is 0 Å². The summed E-state index contributed by atoms with van der Waals surface area (Å²) < 4.78 is 0. The van der Waals surface area contributed by atoms with E-state index in [0.29, 0.717) is 13.0 Å². The summed E-state index contributed by atoms with van der Waals surface area (Å²) >= 11 is 1.68. The highest BCUT2D eigenvalue weighted by Crippen LogP contribution is 1.99.